The highest BCUT2D eigenvalue weighted by atomic mass is 32.2. The van der Waals surface area contributed by atoms with Crippen molar-refractivity contribution in [3.05, 3.63) is 48.0 Å². The molecule has 2 aromatic carbocycles. The Hall–Kier alpha value is -2.62. The van der Waals surface area contributed by atoms with Crippen LogP contribution < -0.4 is 11.1 Å². The largest absolute Gasteiger partial charge is 0.480 e. The summed E-state index contributed by atoms with van der Waals surface area (Å²) in [4.78, 5) is 41.1. The first-order valence-electron chi connectivity index (χ1n) is 12.1. The molecule has 0 radical (unpaired) electrons. The fourth-order valence-corrected chi connectivity index (χ4v) is 5.18. The van der Waals surface area contributed by atoms with Gasteiger partial charge in [0.15, 0.2) is 0 Å². The number of nitrogens with zero attached hydrogens (tertiary/aromatic N) is 2. The molecule has 2 atom stereocenters. The molecule has 0 aromatic heterocycles. The Morgan fingerprint density at radius 1 is 1.23 bits per heavy atom. The number of carboxylic acid groups (broad SMARTS) is 1. The van der Waals surface area contributed by atoms with Gasteiger partial charge in [-0.05, 0) is 47.6 Å². The summed E-state index contributed by atoms with van der Waals surface area (Å²) in [7, 11) is 0. The third kappa shape index (κ3) is 7.68. The molecule has 9 heteroatoms. The number of benzene rings is 2. The third-order valence-electron chi connectivity index (χ3n) is 6.41. The molecule has 2 aromatic rings. The Balaban J connectivity index is 1.79. The van der Waals surface area contributed by atoms with Crippen LogP contribution in [-0.4, -0.2) is 83.0 Å². The standard InChI is InChI=1S/C26H36N4O4S/c1-35-15-12-23(26(33)34)28-24(31)18-29(17-21-9-5-14-30(21)25(32)11-13-27)16-20-8-4-7-19-6-2-3-10-22(19)20/h2-4,6-8,10,21,23H,5,9,11-18,27H2,1H3,(H,28,31)(H,33,34)/t21-,23?/m0/s1. The molecule has 35 heavy (non-hydrogen) atoms. The number of likely N-dealkylation sites (tertiary alicyclic amines) is 1. The lowest BCUT2D eigenvalue weighted by atomic mass is 10.0. The van der Waals surface area contributed by atoms with Crippen LogP contribution in [0.3, 0.4) is 0 Å². The summed E-state index contributed by atoms with van der Waals surface area (Å²) in [6.45, 7) is 2.13. The molecule has 0 bridgehead atoms. The number of carboxylic acids is 1. The van der Waals surface area contributed by atoms with Crippen LogP contribution in [0.1, 0.15) is 31.2 Å². The van der Waals surface area contributed by atoms with Crippen molar-refractivity contribution in [2.24, 2.45) is 5.73 Å². The summed E-state index contributed by atoms with van der Waals surface area (Å²) < 4.78 is 0. The van der Waals surface area contributed by atoms with Crippen molar-refractivity contribution in [1.82, 2.24) is 15.1 Å². The van der Waals surface area contributed by atoms with Gasteiger partial charge in [0, 0.05) is 38.6 Å². The molecule has 0 saturated carbocycles. The highest BCUT2D eigenvalue weighted by molar-refractivity contribution is 7.98. The normalized spacial score (nSPS) is 16.5. The van der Waals surface area contributed by atoms with E-state index in [9.17, 15) is 19.5 Å². The summed E-state index contributed by atoms with van der Waals surface area (Å²) in [5.74, 6) is -0.649. The van der Waals surface area contributed by atoms with E-state index in [0.717, 1.165) is 29.2 Å². The molecule has 1 saturated heterocycles. The predicted molar refractivity (Wildman–Crippen MR) is 140 cm³/mol. The van der Waals surface area contributed by atoms with Crippen LogP contribution in [0.2, 0.25) is 0 Å². The van der Waals surface area contributed by atoms with Gasteiger partial charge in [0.2, 0.25) is 11.8 Å². The maximum absolute atomic E-state index is 13.0. The van der Waals surface area contributed by atoms with Gasteiger partial charge in [-0.2, -0.15) is 11.8 Å². The van der Waals surface area contributed by atoms with E-state index in [0.29, 0.717) is 44.8 Å². The topological polar surface area (TPSA) is 116 Å². The van der Waals surface area contributed by atoms with Crippen molar-refractivity contribution in [1.29, 1.82) is 0 Å². The zero-order chi connectivity index (χ0) is 25.2. The molecular weight excluding hydrogens is 464 g/mol. The smallest absolute Gasteiger partial charge is 0.326 e. The molecule has 2 amide bonds. The molecule has 1 heterocycles. The van der Waals surface area contributed by atoms with Crippen molar-refractivity contribution in [2.45, 2.75) is 44.3 Å². The van der Waals surface area contributed by atoms with E-state index in [1.54, 1.807) is 11.8 Å². The minimum absolute atomic E-state index is 0.00332. The number of hydrogen-bond donors (Lipinski definition) is 3. The van der Waals surface area contributed by atoms with Crippen LogP contribution in [0.15, 0.2) is 42.5 Å². The number of aliphatic carboxylic acids is 1. The summed E-state index contributed by atoms with van der Waals surface area (Å²) in [5.41, 5.74) is 6.70. The van der Waals surface area contributed by atoms with Gasteiger partial charge in [0.25, 0.3) is 0 Å². The Kier molecular flexibility index (Phi) is 10.4. The van der Waals surface area contributed by atoms with Crippen molar-refractivity contribution < 1.29 is 19.5 Å². The lowest BCUT2D eigenvalue weighted by Crippen LogP contribution is -2.49. The van der Waals surface area contributed by atoms with Gasteiger partial charge in [-0.25, -0.2) is 4.79 Å². The van der Waals surface area contributed by atoms with Crippen LogP contribution in [0.25, 0.3) is 10.8 Å². The highest BCUT2D eigenvalue weighted by Crippen LogP contribution is 2.23. The fourth-order valence-electron chi connectivity index (χ4n) is 4.71. The second-order valence-corrected chi connectivity index (χ2v) is 9.96. The van der Waals surface area contributed by atoms with Crippen molar-refractivity contribution >= 4 is 40.3 Å². The number of nitrogens with one attached hydrogen (secondary N) is 1. The molecule has 1 aliphatic heterocycles. The van der Waals surface area contributed by atoms with Gasteiger partial charge < -0.3 is 21.1 Å². The summed E-state index contributed by atoms with van der Waals surface area (Å²) in [5, 5.41) is 14.5. The molecule has 1 fully saturated rings. The van der Waals surface area contributed by atoms with E-state index < -0.39 is 12.0 Å². The third-order valence-corrected chi connectivity index (χ3v) is 7.05. The molecule has 190 valence electrons. The maximum atomic E-state index is 13.0. The lowest BCUT2D eigenvalue weighted by molar-refractivity contribution is -0.142. The number of amides is 2. The van der Waals surface area contributed by atoms with E-state index in [1.807, 2.05) is 34.3 Å². The highest BCUT2D eigenvalue weighted by Gasteiger charge is 2.31. The van der Waals surface area contributed by atoms with Gasteiger partial charge >= 0.3 is 5.97 Å². The Morgan fingerprint density at radius 2 is 2.00 bits per heavy atom. The quantitative estimate of drug-likeness (QED) is 0.386. The molecule has 4 N–H and O–H groups in total. The Bertz CT molecular complexity index is 1010. The molecule has 3 rings (SSSR count). The monoisotopic (exact) mass is 500 g/mol. The number of fused-ring (bicyclic) bond motifs is 1. The SMILES string of the molecule is CSCCC(NC(=O)CN(Cc1cccc2ccccc12)C[C@@H]1CCCN1C(=O)CCN)C(=O)O. The summed E-state index contributed by atoms with van der Waals surface area (Å²) >= 11 is 1.55. The average molecular weight is 501 g/mol. The van der Waals surface area contributed by atoms with Crippen molar-refractivity contribution in [3.8, 4) is 0 Å². The van der Waals surface area contributed by atoms with E-state index in [4.69, 9.17) is 5.73 Å². The fraction of sp³-hybridized carbons (Fsp3) is 0.500. The zero-order valence-corrected chi connectivity index (χ0v) is 21.1. The van der Waals surface area contributed by atoms with Gasteiger partial charge in [0.05, 0.1) is 6.54 Å². The number of nitrogens with two attached hydrogens (primary N) is 1. The molecule has 1 unspecified atom stereocenters. The summed E-state index contributed by atoms with van der Waals surface area (Å²) in [6, 6.07) is 13.3. The number of carbonyl (C=O) groups excluding carboxylic acids is 2. The minimum Gasteiger partial charge on any atom is -0.480 e. The predicted octanol–water partition coefficient (Wildman–Crippen LogP) is 2.30. The van der Waals surface area contributed by atoms with Gasteiger partial charge in [0.1, 0.15) is 6.04 Å². The Labute approximate surface area is 211 Å². The van der Waals surface area contributed by atoms with Gasteiger partial charge in [-0.3, -0.25) is 14.5 Å². The lowest BCUT2D eigenvalue weighted by Gasteiger charge is -2.31. The Morgan fingerprint density at radius 3 is 2.74 bits per heavy atom. The second-order valence-electron chi connectivity index (χ2n) is 8.97. The van der Waals surface area contributed by atoms with E-state index in [2.05, 4.69) is 29.6 Å². The first-order chi connectivity index (χ1) is 16.9. The second kappa shape index (κ2) is 13.5. The molecular formula is C26H36N4O4S. The van der Waals surface area contributed by atoms with Crippen LogP contribution >= 0.6 is 11.8 Å². The van der Waals surface area contributed by atoms with Gasteiger partial charge in [-0.1, -0.05) is 42.5 Å². The molecule has 0 aliphatic carbocycles. The van der Waals surface area contributed by atoms with Crippen LogP contribution in [0.4, 0.5) is 0 Å². The molecule has 0 spiro atoms. The maximum Gasteiger partial charge on any atom is 0.326 e. The van der Waals surface area contributed by atoms with Crippen LogP contribution in [0, 0.1) is 0 Å². The van der Waals surface area contributed by atoms with E-state index in [-0.39, 0.29) is 24.4 Å². The first-order valence-corrected chi connectivity index (χ1v) is 13.5. The molecule has 1 aliphatic rings. The van der Waals surface area contributed by atoms with Crippen LogP contribution in [0.5, 0.6) is 0 Å². The van der Waals surface area contributed by atoms with Crippen molar-refractivity contribution in [3.63, 3.8) is 0 Å². The molecule has 8 nitrogen and oxygen atoms in total. The van der Waals surface area contributed by atoms with Gasteiger partial charge in [-0.15, -0.1) is 0 Å². The minimum atomic E-state index is -1.03. The van der Waals surface area contributed by atoms with E-state index >= 15 is 0 Å². The van der Waals surface area contributed by atoms with Crippen molar-refractivity contribution in [2.75, 3.05) is 38.2 Å². The number of carbonyl (C=O) groups is 3. The number of rotatable bonds is 13. The zero-order valence-electron chi connectivity index (χ0n) is 20.3. The van der Waals surface area contributed by atoms with E-state index in [1.165, 1.54) is 0 Å². The average Bonchev–Trinajstić information content (AvgIpc) is 3.30. The number of hydrogen-bond acceptors (Lipinski definition) is 6. The van der Waals surface area contributed by atoms with Crippen LogP contribution in [-0.2, 0) is 20.9 Å². The first kappa shape index (κ1) is 27.0. The number of thioether (sulfide) groups is 1. The summed E-state index contributed by atoms with van der Waals surface area (Å²) in [6.07, 6.45) is 4.39.